The van der Waals surface area contributed by atoms with Crippen LogP contribution in [0.5, 0.6) is 0 Å². The number of nitrogens with one attached hydrogen (secondary N) is 2. The van der Waals surface area contributed by atoms with E-state index in [-0.39, 0.29) is 0 Å². The van der Waals surface area contributed by atoms with Gasteiger partial charge in [-0.3, -0.25) is 5.10 Å². The van der Waals surface area contributed by atoms with Gasteiger partial charge >= 0.3 is 0 Å². The van der Waals surface area contributed by atoms with Gasteiger partial charge in [-0.2, -0.15) is 5.10 Å². The van der Waals surface area contributed by atoms with Gasteiger partial charge < -0.3 is 5.32 Å². The summed E-state index contributed by atoms with van der Waals surface area (Å²) in [6, 6.07) is 10.9. The predicted molar refractivity (Wildman–Crippen MR) is 79.8 cm³/mol. The van der Waals surface area contributed by atoms with Crippen LogP contribution in [0.1, 0.15) is 32.8 Å². The SMILES string of the molecule is CCC(NCc1cn[nH]c1-c1ccccc1)C(C)C. The lowest BCUT2D eigenvalue weighted by molar-refractivity contribution is 0.387. The van der Waals surface area contributed by atoms with Crippen LogP contribution in [0.4, 0.5) is 0 Å². The second-order valence-electron chi connectivity index (χ2n) is 5.28. The van der Waals surface area contributed by atoms with Crippen LogP contribution in [0.3, 0.4) is 0 Å². The molecular formula is C16H23N3. The smallest absolute Gasteiger partial charge is 0.0695 e. The van der Waals surface area contributed by atoms with Crippen molar-refractivity contribution in [2.24, 2.45) is 5.92 Å². The molecule has 0 aliphatic rings. The summed E-state index contributed by atoms with van der Waals surface area (Å²) >= 11 is 0. The van der Waals surface area contributed by atoms with E-state index in [9.17, 15) is 0 Å². The van der Waals surface area contributed by atoms with E-state index in [1.807, 2.05) is 12.3 Å². The minimum atomic E-state index is 0.554. The van der Waals surface area contributed by atoms with Crippen molar-refractivity contribution in [1.29, 1.82) is 0 Å². The highest BCUT2D eigenvalue weighted by atomic mass is 15.1. The largest absolute Gasteiger partial charge is 0.310 e. The van der Waals surface area contributed by atoms with Crippen molar-refractivity contribution in [3.63, 3.8) is 0 Å². The molecule has 1 aromatic carbocycles. The lowest BCUT2D eigenvalue weighted by Crippen LogP contribution is -2.32. The summed E-state index contributed by atoms with van der Waals surface area (Å²) in [4.78, 5) is 0. The molecule has 0 radical (unpaired) electrons. The lowest BCUT2D eigenvalue weighted by atomic mass is 10.0. The van der Waals surface area contributed by atoms with Crippen LogP contribution in [-0.4, -0.2) is 16.2 Å². The van der Waals surface area contributed by atoms with Crippen molar-refractivity contribution >= 4 is 0 Å². The van der Waals surface area contributed by atoms with E-state index < -0.39 is 0 Å². The average molecular weight is 257 g/mol. The molecule has 0 saturated heterocycles. The van der Waals surface area contributed by atoms with Crippen LogP contribution in [0.2, 0.25) is 0 Å². The number of aromatic nitrogens is 2. The average Bonchev–Trinajstić information content (AvgIpc) is 2.88. The number of benzene rings is 1. The highest BCUT2D eigenvalue weighted by Gasteiger charge is 2.12. The number of hydrogen-bond donors (Lipinski definition) is 2. The molecule has 1 aromatic heterocycles. The van der Waals surface area contributed by atoms with E-state index in [2.05, 4.69) is 60.6 Å². The molecule has 0 aliphatic carbocycles. The van der Waals surface area contributed by atoms with Gasteiger partial charge in [0, 0.05) is 18.2 Å². The van der Waals surface area contributed by atoms with E-state index in [0.29, 0.717) is 12.0 Å². The topological polar surface area (TPSA) is 40.7 Å². The van der Waals surface area contributed by atoms with Gasteiger partial charge in [0.05, 0.1) is 11.9 Å². The number of H-pyrrole nitrogens is 1. The molecule has 0 aliphatic heterocycles. The van der Waals surface area contributed by atoms with Gasteiger partial charge in [0.25, 0.3) is 0 Å². The van der Waals surface area contributed by atoms with E-state index in [4.69, 9.17) is 0 Å². The maximum atomic E-state index is 4.18. The Kier molecular flexibility index (Phi) is 4.74. The molecule has 0 amide bonds. The molecule has 1 atom stereocenters. The number of aromatic amines is 1. The number of rotatable bonds is 6. The van der Waals surface area contributed by atoms with Crippen LogP contribution in [0.25, 0.3) is 11.3 Å². The first-order valence-electron chi connectivity index (χ1n) is 7.03. The van der Waals surface area contributed by atoms with Crippen LogP contribution < -0.4 is 5.32 Å². The van der Waals surface area contributed by atoms with Crippen molar-refractivity contribution in [2.45, 2.75) is 39.8 Å². The van der Waals surface area contributed by atoms with E-state index >= 15 is 0 Å². The van der Waals surface area contributed by atoms with Crippen molar-refractivity contribution in [2.75, 3.05) is 0 Å². The summed E-state index contributed by atoms with van der Waals surface area (Å²) in [5.41, 5.74) is 3.53. The Labute approximate surface area is 115 Å². The van der Waals surface area contributed by atoms with Gasteiger partial charge in [0.15, 0.2) is 0 Å². The summed E-state index contributed by atoms with van der Waals surface area (Å²) in [6.07, 6.45) is 3.07. The summed E-state index contributed by atoms with van der Waals surface area (Å²) < 4.78 is 0. The first kappa shape index (κ1) is 13.8. The molecule has 102 valence electrons. The molecule has 3 nitrogen and oxygen atoms in total. The molecular weight excluding hydrogens is 234 g/mol. The molecule has 2 aromatic rings. The van der Waals surface area contributed by atoms with Crippen molar-refractivity contribution < 1.29 is 0 Å². The molecule has 1 heterocycles. The molecule has 19 heavy (non-hydrogen) atoms. The Balaban J connectivity index is 2.08. The third kappa shape index (κ3) is 3.44. The molecule has 2 N–H and O–H groups in total. The fraction of sp³-hybridized carbons (Fsp3) is 0.438. The Hall–Kier alpha value is -1.61. The third-order valence-corrected chi connectivity index (χ3v) is 3.58. The Bertz CT molecular complexity index is 488. The van der Waals surface area contributed by atoms with Crippen molar-refractivity contribution in [3.05, 3.63) is 42.1 Å². The summed E-state index contributed by atoms with van der Waals surface area (Å²) in [6.45, 7) is 7.60. The zero-order valence-corrected chi connectivity index (χ0v) is 12.0. The molecule has 1 unspecified atom stereocenters. The first-order chi connectivity index (χ1) is 9.22. The minimum Gasteiger partial charge on any atom is -0.310 e. The number of nitrogens with zero attached hydrogens (tertiary/aromatic N) is 1. The Morgan fingerprint density at radius 2 is 1.95 bits per heavy atom. The third-order valence-electron chi connectivity index (χ3n) is 3.58. The second-order valence-corrected chi connectivity index (χ2v) is 5.28. The monoisotopic (exact) mass is 257 g/mol. The number of hydrogen-bond acceptors (Lipinski definition) is 2. The Morgan fingerprint density at radius 1 is 1.21 bits per heavy atom. The van der Waals surface area contributed by atoms with Gasteiger partial charge in [-0.05, 0) is 17.9 Å². The van der Waals surface area contributed by atoms with Crippen LogP contribution in [0, 0.1) is 5.92 Å². The zero-order chi connectivity index (χ0) is 13.7. The molecule has 0 saturated carbocycles. The van der Waals surface area contributed by atoms with E-state index in [1.54, 1.807) is 0 Å². The normalized spacial score (nSPS) is 12.8. The van der Waals surface area contributed by atoms with E-state index in [1.165, 1.54) is 11.1 Å². The highest BCUT2D eigenvalue weighted by Crippen LogP contribution is 2.20. The van der Waals surface area contributed by atoms with Crippen LogP contribution >= 0.6 is 0 Å². The van der Waals surface area contributed by atoms with Crippen molar-refractivity contribution in [3.8, 4) is 11.3 Å². The summed E-state index contributed by atoms with van der Waals surface area (Å²) in [7, 11) is 0. The fourth-order valence-electron chi connectivity index (χ4n) is 2.39. The summed E-state index contributed by atoms with van der Waals surface area (Å²) in [5.74, 6) is 0.650. The Morgan fingerprint density at radius 3 is 2.58 bits per heavy atom. The van der Waals surface area contributed by atoms with Crippen LogP contribution in [-0.2, 0) is 6.54 Å². The fourth-order valence-corrected chi connectivity index (χ4v) is 2.39. The molecule has 0 spiro atoms. The first-order valence-corrected chi connectivity index (χ1v) is 7.03. The lowest BCUT2D eigenvalue weighted by Gasteiger charge is -2.20. The second kappa shape index (κ2) is 6.53. The molecule has 3 heteroatoms. The van der Waals surface area contributed by atoms with Crippen molar-refractivity contribution in [1.82, 2.24) is 15.5 Å². The van der Waals surface area contributed by atoms with Gasteiger partial charge in [-0.15, -0.1) is 0 Å². The van der Waals surface area contributed by atoms with Gasteiger partial charge in [0.2, 0.25) is 0 Å². The molecule has 0 fully saturated rings. The predicted octanol–water partition coefficient (Wildman–Crippen LogP) is 3.60. The van der Waals surface area contributed by atoms with E-state index in [0.717, 1.165) is 18.7 Å². The minimum absolute atomic E-state index is 0.554. The quantitative estimate of drug-likeness (QED) is 0.830. The molecule has 0 bridgehead atoms. The highest BCUT2D eigenvalue weighted by molar-refractivity contribution is 5.62. The zero-order valence-electron chi connectivity index (χ0n) is 12.0. The molecule has 2 rings (SSSR count). The summed E-state index contributed by atoms with van der Waals surface area (Å²) in [5, 5.41) is 10.9. The van der Waals surface area contributed by atoms with Gasteiger partial charge in [-0.25, -0.2) is 0 Å². The van der Waals surface area contributed by atoms with Crippen LogP contribution in [0.15, 0.2) is 36.5 Å². The van der Waals surface area contributed by atoms with Gasteiger partial charge in [-0.1, -0.05) is 51.1 Å². The standard InChI is InChI=1S/C16H23N3/c1-4-15(12(2)3)17-10-14-11-18-19-16(14)13-8-6-5-7-9-13/h5-9,11-12,15,17H,4,10H2,1-3H3,(H,18,19). The van der Waals surface area contributed by atoms with Gasteiger partial charge in [0.1, 0.15) is 0 Å². The maximum absolute atomic E-state index is 4.18. The maximum Gasteiger partial charge on any atom is 0.0695 e.